The Morgan fingerprint density at radius 2 is 2.50 bits per heavy atom. The van der Waals surface area contributed by atoms with Gasteiger partial charge in [0.1, 0.15) is 6.10 Å². The molecule has 0 radical (unpaired) electrons. The minimum Gasteiger partial charge on any atom is -0.382 e. The van der Waals surface area contributed by atoms with Crippen LogP contribution in [0.15, 0.2) is 4.52 Å². The number of aromatic nitrogens is 2. The fraction of sp³-hybridized carbons (Fsp3) is 0.600. The second-order valence-corrected chi connectivity index (χ2v) is 1.93. The molecule has 1 atom stereocenters. The zero-order valence-electron chi connectivity index (χ0n) is 5.61. The molecule has 1 heterocycles. The van der Waals surface area contributed by atoms with E-state index in [1.165, 1.54) is 0 Å². The molecule has 0 saturated heterocycles. The summed E-state index contributed by atoms with van der Waals surface area (Å²) < 4.78 is 4.63. The normalized spacial score (nSPS) is 13.5. The van der Waals surface area contributed by atoms with Crippen LogP contribution in [0, 0.1) is 6.92 Å². The lowest BCUT2D eigenvalue weighted by molar-refractivity contribution is 0.141. The third-order valence-electron chi connectivity index (χ3n) is 1.05. The van der Waals surface area contributed by atoms with E-state index in [4.69, 9.17) is 10.8 Å². The molecule has 0 bridgehead atoms. The third kappa shape index (κ3) is 1.31. The topological polar surface area (TPSA) is 85.2 Å². The first-order chi connectivity index (χ1) is 4.74. The predicted octanol–water partition coefficient (Wildman–Crippen LogP) is -0.630. The fourth-order valence-corrected chi connectivity index (χ4v) is 0.549. The van der Waals surface area contributed by atoms with Crippen molar-refractivity contribution in [2.75, 3.05) is 6.54 Å². The Kier molecular flexibility index (Phi) is 1.98. The van der Waals surface area contributed by atoms with E-state index < -0.39 is 6.10 Å². The smallest absolute Gasteiger partial charge is 0.256 e. The van der Waals surface area contributed by atoms with Crippen LogP contribution in [-0.4, -0.2) is 21.8 Å². The molecule has 1 unspecified atom stereocenters. The van der Waals surface area contributed by atoms with Gasteiger partial charge in [0.2, 0.25) is 0 Å². The number of rotatable bonds is 2. The fourth-order valence-electron chi connectivity index (χ4n) is 0.549. The van der Waals surface area contributed by atoms with Crippen molar-refractivity contribution in [3.8, 4) is 0 Å². The van der Waals surface area contributed by atoms with Gasteiger partial charge in [-0.25, -0.2) is 0 Å². The zero-order chi connectivity index (χ0) is 7.56. The number of aliphatic hydroxyl groups excluding tert-OH is 1. The highest BCUT2D eigenvalue weighted by Gasteiger charge is 2.11. The highest BCUT2D eigenvalue weighted by atomic mass is 16.5. The summed E-state index contributed by atoms with van der Waals surface area (Å²) in [4.78, 5) is 3.77. The Balaban J connectivity index is 2.74. The maximum Gasteiger partial charge on any atom is 0.256 e. The minimum absolute atomic E-state index is 0.0988. The van der Waals surface area contributed by atoms with E-state index in [1.807, 2.05) is 0 Å². The summed E-state index contributed by atoms with van der Waals surface area (Å²) >= 11 is 0. The molecular weight excluding hydrogens is 134 g/mol. The van der Waals surface area contributed by atoms with E-state index in [0.29, 0.717) is 5.82 Å². The largest absolute Gasteiger partial charge is 0.382 e. The number of nitrogens with two attached hydrogens (primary N) is 1. The van der Waals surface area contributed by atoms with Crippen LogP contribution in [0.25, 0.3) is 0 Å². The Morgan fingerprint density at radius 1 is 1.80 bits per heavy atom. The van der Waals surface area contributed by atoms with Gasteiger partial charge >= 0.3 is 0 Å². The van der Waals surface area contributed by atoms with Crippen LogP contribution in [-0.2, 0) is 0 Å². The number of aliphatic hydroxyl groups is 1. The van der Waals surface area contributed by atoms with Gasteiger partial charge in [-0.3, -0.25) is 0 Å². The number of hydrogen-bond acceptors (Lipinski definition) is 5. The standard InChI is InChI=1S/C5H9N3O2/c1-3-7-5(10-8-3)4(9)2-6/h4,9H,2,6H2,1H3. The second-order valence-electron chi connectivity index (χ2n) is 1.93. The molecule has 1 rings (SSSR count). The van der Waals surface area contributed by atoms with E-state index in [-0.39, 0.29) is 12.4 Å². The molecule has 5 nitrogen and oxygen atoms in total. The molecule has 0 amide bonds. The molecule has 3 N–H and O–H groups in total. The maximum atomic E-state index is 9.02. The summed E-state index contributed by atoms with van der Waals surface area (Å²) in [6.45, 7) is 1.78. The van der Waals surface area contributed by atoms with Crippen molar-refractivity contribution in [1.29, 1.82) is 0 Å². The monoisotopic (exact) mass is 143 g/mol. The van der Waals surface area contributed by atoms with Crippen molar-refractivity contribution in [3.05, 3.63) is 11.7 Å². The lowest BCUT2D eigenvalue weighted by Crippen LogP contribution is -2.11. The van der Waals surface area contributed by atoms with Crippen LogP contribution in [0.2, 0.25) is 0 Å². The first-order valence-corrected chi connectivity index (χ1v) is 2.92. The summed E-state index contributed by atoms with van der Waals surface area (Å²) in [6, 6.07) is 0. The van der Waals surface area contributed by atoms with Crippen molar-refractivity contribution < 1.29 is 9.63 Å². The van der Waals surface area contributed by atoms with Crippen LogP contribution in [0.3, 0.4) is 0 Å². The lowest BCUT2D eigenvalue weighted by Gasteiger charge is -1.97. The van der Waals surface area contributed by atoms with Crippen molar-refractivity contribution >= 4 is 0 Å². The molecule has 56 valence electrons. The van der Waals surface area contributed by atoms with Crippen molar-refractivity contribution in [2.45, 2.75) is 13.0 Å². The predicted molar refractivity (Wildman–Crippen MR) is 33.0 cm³/mol. The lowest BCUT2D eigenvalue weighted by atomic mass is 10.4. The molecule has 0 saturated carbocycles. The molecule has 0 aliphatic carbocycles. The Morgan fingerprint density at radius 3 is 2.90 bits per heavy atom. The summed E-state index contributed by atoms with van der Waals surface area (Å²) in [5.41, 5.74) is 5.14. The van der Waals surface area contributed by atoms with Gasteiger partial charge in [-0.15, -0.1) is 0 Å². The van der Waals surface area contributed by atoms with Gasteiger partial charge < -0.3 is 15.4 Å². The van der Waals surface area contributed by atoms with Crippen LogP contribution in [0.4, 0.5) is 0 Å². The van der Waals surface area contributed by atoms with E-state index >= 15 is 0 Å². The molecule has 1 aromatic heterocycles. The zero-order valence-corrected chi connectivity index (χ0v) is 5.61. The first kappa shape index (κ1) is 7.17. The van der Waals surface area contributed by atoms with Crippen LogP contribution in [0.1, 0.15) is 17.8 Å². The summed E-state index contributed by atoms with van der Waals surface area (Å²) in [5.74, 6) is 0.683. The van der Waals surface area contributed by atoms with Gasteiger partial charge in [-0.2, -0.15) is 4.98 Å². The molecule has 0 fully saturated rings. The molecule has 0 aromatic carbocycles. The molecule has 10 heavy (non-hydrogen) atoms. The summed E-state index contributed by atoms with van der Waals surface area (Å²) in [5, 5.41) is 12.5. The Hall–Kier alpha value is -0.940. The highest BCUT2D eigenvalue weighted by Crippen LogP contribution is 2.06. The molecular formula is C5H9N3O2. The quantitative estimate of drug-likeness (QED) is 0.575. The SMILES string of the molecule is Cc1noc(C(O)CN)n1. The number of aryl methyl sites for hydroxylation is 1. The molecule has 1 aromatic rings. The number of hydrogen-bond donors (Lipinski definition) is 2. The van der Waals surface area contributed by atoms with Gasteiger partial charge in [-0.1, -0.05) is 5.16 Å². The van der Waals surface area contributed by atoms with Crippen LogP contribution in [0.5, 0.6) is 0 Å². The molecule has 0 aliphatic heterocycles. The molecule has 0 spiro atoms. The average Bonchev–Trinajstić information content (AvgIpc) is 2.34. The number of nitrogens with zero attached hydrogens (tertiary/aromatic N) is 2. The first-order valence-electron chi connectivity index (χ1n) is 2.92. The van der Waals surface area contributed by atoms with Gasteiger partial charge in [0.25, 0.3) is 5.89 Å². The van der Waals surface area contributed by atoms with Gasteiger partial charge in [0.15, 0.2) is 5.82 Å². The Labute approximate surface area is 57.8 Å². The molecule has 0 aliphatic rings. The van der Waals surface area contributed by atoms with Crippen LogP contribution < -0.4 is 5.73 Å². The summed E-state index contributed by atoms with van der Waals surface area (Å²) in [7, 11) is 0. The van der Waals surface area contributed by atoms with Crippen molar-refractivity contribution in [3.63, 3.8) is 0 Å². The minimum atomic E-state index is -0.832. The highest BCUT2D eigenvalue weighted by molar-refractivity contribution is 4.87. The van der Waals surface area contributed by atoms with Crippen LogP contribution >= 0.6 is 0 Å². The average molecular weight is 143 g/mol. The maximum absolute atomic E-state index is 9.02. The van der Waals surface area contributed by atoms with E-state index in [1.54, 1.807) is 6.92 Å². The van der Waals surface area contributed by atoms with E-state index in [2.05, 4.69) is 14.7 Å². The van der Waals surface area contributed by atoms with E-state index in [9.17, 15) is 0 Å². The van der Waals surface area contributed by atoms with E-state index in [0.717, 1.165) is 0 Å². The Bertz CT molecular complexity index is 210. The third-order valence-corrected chi connectivity index (χ3v) is 1.05. The van der Waals surface area contributed by atoms with Gasteiger partial charge in [0.05, 0.1) is 0 Å². The van der Waals surface area contributed by atoms with Gasteiger partial charge in [-0.05, 0) is 6.92 Å². The van der Waals surface area contributed by atoms with Crippen molar-refractivity contribution in [1.82, 2.24) is 10.1 Å². The summed E-state index contributed by atoms with van der Waals surface area (Å²) in [6.07, 6.45) is -0.832. The van der Waals surface area contributed by atoms with Gasteiger partial charge in [0, 0.05) is 6.54 Å². The second kappa shape index (κ2) is 2.76. The van der Waals surface area contributed by atoms with Crippen molar-refractivity contribution in [2.24, 2.45) is 5.73 Å². The molecule has 5 heteroatoms.